The van der Waals surface area contributed by atoms with Crippen molar-refractivity contribution in [1.29, 1.82) is 0 Å². The van der Waals surface area contributed by atoms with Gasteiger partial charge in [0.05, 0.1) is 18.2 Å². The zero-order valence-corrected chi connectivity index (χ0v) is 13.5. The second kappa shape index (κ2) is 5.45. The lowest BCUT2D eigenvalue weighted by Crippen LogP contribution is -2.27. The number of carbonyl (C=O) groups is 2. The number of hydrogen-bond donors (Lipinski definition) is 0. The summed E-state index contributed by atoms with van der Waals surface area (Å²) in [4.78, 5) is 25.3. The van der Waals surface area contributed by atoms with E-state index in [9.17, 15) is 22.8 Å². The molecule has 1 aliphatic rings. The molecule has 2 aromatic carbocycles. The summed E-state index contributed by atoms with van der Waals surface area (Å²) >= 11 is 0. The summed E-state index contributed by atoms with van der Waals surface area (Å²) in [6, 6.07) is 10.1. The summed E-state index contributed by atoms with van der Waals surface area (Å²) in [7, 11) is 1.10. The highest BCUT2D eigenvalue weighted by molar-refractivity contribution is 6.13. The van der Waals surface area contributed by atoms with E-state index in [1.165, 1.54) is 16.8 Å². The van der Waals surface area contributed by atoms with Crippen LogP contribution in [0.15, 0.2) is 48.7 Å². The van der Waals surface area contributed by atoms with Gasteiger partial charge >= 0.3 is 12.1 Å². The van der Waals surface area contributed by atoms with Gasteiger partial charge in [-0.1, -0.05) is 24.3 Å². The zero-order valence-electron chi connectivity index (χ0n) is 13.5. The number of halogens is 3. The number of aromatic nitrogens is 1. The summed E-state index contributed by atoms with van der Waals surface area (Å²) in [6.45, 7) is 0. The Kier molecular flexibility index (Phi) is 3.44. The summed E-state index contributed by atoms with van der Waals surface area (Å²) in [5.41, 5.74) is 0.635. The molecule has 0 unspecified atom stereocenters. The van der Waals surface area contributed by atoms with Crippen molar-refractivity contribution in [2.24, 2.45) is 0 Å². The van der Waals surface area contributed by atoms with Crippen molar-refractivity contribution in [2.75, 3.05) is 7.11 Å². The number of methoxy groups -OCH3 is 1. The molecule has 0 radical (unpaired) electrons. The van der Waals surface area contributed by atoms with Gasteiger partial charge < -0.3 is 4.74 Å². The number of esters is 1. The van der Waals surface area contributed by atoms with E-state index >= 15 is 0 Å². The Bertz CT molecular complexity index is 1070. The highest BCUT2D eigenvalue weighted by Crippen LogP contribution is 2.42. The molecule has 1 atom stereocenters. The van der Waals surface area contributed by atoms with Gasteiger partial charge in [-0.05, 0) is 29.3 Å². The van der Waals surface area contributed by atoms with Gasteiger partial charge in [0.1, 0.15) is 0 Å². The minimum absolute atomic E-state index is 0.00660. The van der Waals surface area contributed by atoms with Gasteiger partial charge in [0.25, 0.3) is 0 Å². The maximum Gasteiger partial charge on any atom is 0.416 e. The van der Waals surface area contributed by atoms with Crippen molar-refractivity contribution in [1.82, 2.24) is 4.57 Å². The Morgan fingerprint density at radius 1 is 1.12 bits per heavy atom. The highest BCUT2D eigenvalue weighted by Gasteiger charge is 2.39. The van der Waals surface area contributed by atoms with Crippen LogP contribution >= 0.6 is 0 Å². The SMILES string of the molecule is COC(=O)[C@H]1C(=O)n2ccc3cccc(c32)-c2ccc(C(F)(F)F)cc21. The zero-order chi connectivity index (χ0) is 18.6. The van der Waals surface area contributed by atoms with Crippen molar-refractivity contribution >= 4 is 22.8 Å². The Morgan fingerprint density at radius 3 is 2.58 bits per heavy atom. The highest BCUT2D eigenvalue weighted by atomic mass is 19.4. The van der Waals surface area contributed by atoms with Crippen LogP contribution in [0.25, 0.3) is 22.0 Å². The summed E-state index contributed by atoms with van der Waals surface area (Å²) in [5, 5.41) is 0.757. The number of carbonyl (C=O) groups excluding carboxylic acids is 2. The number of fused-ring (bicyclic) bond motifs is 2. The summed E-state index contributed by atoms with van der Waals surface area (Å²) in [5.74, 6) is -3.01. The summed E-state index contributed by atoms with van der Waals surface area (Å²) < 4.78 is 45.6. The molecule has 0 spiro atoms. The van der Waals surface area contributed by atoms with Crippen LogP contribution in [0, 0.1) is 0 Å². The number of ether oxygens (including phenoxy) is 1. The Hall–Kier alpha value is -3.09. The fourth-order valence-corrected chi connectivity index (χ4v) is 3.44. The number of alkyl halides is 3. The second-order valence-corrected chi connectivity index (χ2v) is 6.02. The van der Waals surface area contributed by atoms with Crippen LogP contribution in [-0.2, 0) is 15.7 Å². The monoisotopic (exact) mass is 359 g/mol. The van der Waals surface area contributed by atoms with Gasteiger partial charge in [0.2, 0.25) is 5.91 Å². The molecule has 2 heterocycles. The smallest absolute Gasteiger partial charge is 0.416 e. The van der Waals surface area contributed by atoms with E-state index in [1.807, 2.05) is 0 Å². The van der Waals surface area contributed by atoms with E-state index in [4.69, 9.17) is 4.74 Å². The average molecular weight is 359 g/mol. The van der Waals surface area contributed by atoms with Crippen LogP contribution in [0.5, 0.6) is 0 Å². The third-order valence-corrected chi connectivity index (χ3v) is 4.61. The quantitative estimate of drug-likeness (QED) is 0.482. The predicted molar refractivity (Wildman–Crippen MR) is 87.8 cm³/mol. The van der Waals surface area contributed by atoms with Crippen LogP contribution in [-0.4, -0.2) is 23.6 Å². The Labute approximate surface area is 145 Å². The van der Waals surface area contributed by atoms with Crippen LogP contribution in [0.2, 0.25) is 0 Å². The normalized spacial score (nSPS) is 16.3. The molecule has 1 aromatic heterocycles. The fraction of sp³-hybridized carbons (Fsp3) is 0.158. The molecule has 0 N–H and O–H groups in total. The molecular formula is C19H12F3NO3. The minimum Gasteiger partial charge on any atom is -0.468 e. The molecule has 1 aliphatic heterocycles. The van der Waals surface area contributed by atoms with Crippen LogP contribution < -0.4 is 0 Å². The maximum absolute atomic E-state index is 13.2. The number of rotatable bonds is 1. The first-order valence-corrected chi connectivity index (χ1v) is 7.76. The molecule has 3 aromatic rings. The molecule has 7 heteroatoms. The lowest BCUT2D eigenvalue weighted by molar-refractivity contribution is -0.142. The predicted octanol–water partition coefficient (Wildman–Crippen LogP) is 4.24. The first-order valence-electron chi connectivity index (χ1n) is 7.76. The number of nitrogens with zero attached hydrogens (tertiary/aromatic N) is 1. The fourth-order valence-electron chi connectivity index (χ4n) is 3.44. The molecule has 132 valence electrons. The van der Waals surface area contributed by atoms with E-state index in [-0.39, 0.29) is 5.56 Å². The molecule has 26 heavy (non-hydrogen) atoms. The Morgan fingerprint density at radius 2 is 1.88 bits per heavy atom. The van der Waals surface area contributed by atoms with E-state index in [0.717, 1.165) is 24.6 Å². The molecule has 0 aliphatic carbocycles. The molecule has 0 amide bonds. The molecule has 4 rings (SSSR count). The standard InChI is InChI=1S/C19H12F3NO3/c1-26-18(25)15-14-9-11(19(20,21)22)5-6-12(14)13-4-2-3-10-7-8-23(16(10)13)17(15)24/h2-9,15H,1H3/t15-/m1/s1. The minimum atomic E-state index is -4.59. The third-order valence-electron chi connectivity index (χ3n) is 4.61. The largest absolute Gasteiger partial charge is 0.468 e. The van der Waals surface area contributed by atoms with Crippen molar-refractivity contribution in [2.45, 2.75) is 12.1 Å². The van der Waals surface area contributed by atoms with Crippen molar-refractivity contribution in [3.05, 3.63) is 59.8 Å². The molecule has 4 nitrogen and oxygen atoms in total. The molecule has 0 fully saturated rings. The topological polar surface area (TPSA) is 48.3 Å². The lowest BCUT2D eigenvalue weighted by atomic mass is 9.89. The van der Waals surface area contributed by atoms with E-state index < -0.39 is 29.5 Å². The second-order valence-electron chi connectivity index (χ2n) is 6.02. The molecule has 0 bridgehead atoms. The third kappa shape index (κ3) is 2.23. The van der Waals surface area contributed by atoms with Crippen LogP contribution in [0.3, 0.4) is 0 Å². The molecular weight excluding hydrogens is 347 g/mol. The van der Waals surface area contributed by atoms with Crippen molar-refractivity contribution in [3.63, 3.8) is 0 Å². The first kappa shape index (κ1) is 16.4. The molecule has 0 saturated carbocycles. The van der Waals surface area contributed by atoms with Crippen LogP contribution in [0.1, 0.15) is 21.8 Å². The Balaban J connectivity index is 2.10. The first-order chi connectivity index (χ1) is 12.3. The van der Waals surface area contributed by atoms with E-state index in [2.05, 4.69) is 0 Å². The van der Waals surface area contributed by atoms with Gasteiger partial charge in [-0.25, -0.2) is 0 Å². The van der Waals surface area contributed by atoms with Gasteiger partial charge in [-0.15, -0.1) is 0 Å². The van der Waals surface area contributed by atoms with Gasteiger partial charge in [0.15, 0.2) is 5.92 Å². The van der Waals surface area contributed by atoms with Gasteiger partial charge in [-0.2, -0.15) is 13.2 Å². The maximum atomic E-state index is 13.2. The van der Waals surface area contributed by atoms with Crippen LogP contribution in [0.4, 0.5) is 13.2 Å². The number of hydrogen-bond acceptors (Lipinski definition) is 3. The molecule has 0 saturated heterocycles. The number of para-hydroxylation sites is 1. The number of benzene rings is 2. The average Bonchev–Trinajstić information content (AvgIpc) is 3.00. The van der Waals surface area contributed by atoms with Crippen molar-refractivity contribution < 1.29 is 27.5 Å². The van der Waals surface area contributed by atoms with E-state index in [1.54, 1.807) is 24.3 Å². The van der Waals surface area contributed by atoms with E-state index in [0.29, 0.717) is 16.6 Å². The van der Waals surface area contributed by atoms with Gasteiger partial charge in [-0.3, -0.25) is 14.2 Å². The van der Waals surface area contributed by atoms with Crippen molar-refractivity contribution in [3.8, 4) is 11.1 Å². The van der Waals surface area contributed by atoms with Gasteiger partial charge in [0, 0.05) is 17.1 Å². The summed E-state index contributed by atoms with van der Waals surface area (Å²) in [6.07, 6.45) is -3.07. The lowest BCUT2D eigenvalue weighted by Gasteiger charge is -2.17.